The second kappa shape index (κ2) is 8.83. The quantitative estimate of drug-likeness (QED) is 0.536. The molecule has 1 atom stereocenters. The molecule has 0 bridgehead atoms. The number of carbonyl (C=O) groups excluding carboxylic acids is 1. The van der Waals surface area contributed by atoms with Gasteiger partial charge in [0.25, 0.3) is 5.56 Å². The highest BCUT2D eigenvalue weighted by Crippen LogP contribution is 2.34. The van der Waals surface area contributed by atoms with Crippen molar-refractivity contribution in [1.82, 2.24) is 4.57 Å². The number of carbonyl (C=O) groups is 1. The number of esters is 1. The first-order valence-corrected chi connectivity index (χ1v) is 11.2. The predicted molar refractivity (Wildman–Crippen MR) is 123 cm³/mol. The molecule has 0 N–H and O–H groups in total. The highest BCUT2D eigenvalue weighted by Gasteiger charge is 2.34. The molecule has 0 amide bonds. The SMILES string of the molecule is CCOC(=O)C1=C(C)N=c2s/c(=C\c3ccccc3Cl)c(=O)n2[C@H]1c1ccccc1Cl. The maximum atomic E-state index is 13.5. The summed E-state index contributed by atoms with van der Waals surface area (Å²) < 4.78 is 7.25. The normalized spacial score (nSPS) is 16.1. The van der Waals surface area contributed by atoms with Crippen LogP contribution >= 0.6 is 34.5 Å². The number of ether oxygens (including phenoxy) is 1. The van der Waals surface area contributed by atoms with Crippen molar-refractivity contribution < 1.29 is 9.53 Å². The Bertz CT molecular complexity index is 1390. The van der Waals surface area contributed by atoms with E-state index >= 15 is 0 Å². The zero-order valence-electron chi connectivity index (χ0n) is 16.8. The average Bonchev–Trinajstić information content (AvgIpc) is 3.04. The maximum Gasteiger partial charge on any atom is 0.338 e. The lowest BCUT2D eigenvalue weighted by molar-refractivity contribution is -0.139. The lowest BCUT2D eigenvalue weighted by atomic mass is 9.96. The fraction of sp³-hybridized carbons (Fsp3) is 0.174. The first kappa shape index (κ1) is 21.6. The van der Waals surface area contributed by atoms with Crippen molar-refractivity contribution in [3.63, 3.8) is 0 Å². The molecule has 158 valence electrons. The van der Waals surface area contributed by atoms with Gasteiger partial charge in [-0.2, -0.15) is 0 Å². The third-order valence-corrected chi connectivity index (χ3v) is 6.58. The third-order valence-electron chi connectivity index (χ3n) is 4.91. The number of hydrogen-bond donors (Lipinski definition) is 0. The van der Waals surface area contributed by atoms with Crippen molar-refractivity contribution >= 4 is 46.6 Å². The van der Waals surface area contributed by atoms with E-state index in [4.69, 9.17) is 27.9 Å². The summed E-state index contributed by atoms with van der Waals surface area (Å²) in [5.74, 6) is -0.519. The van der Waals surface area contributed by atoms with E-state index in [0.29, 0.717) is 36.2 Å². The van der Waals surface area contributed by atoms with Crippen LogP contribution in [-0.4, -0.2) is 17.1 Å². The van der Waals surface area contributed by atoms with Gasteiger partial charge in [0.1, 0.15) is 6.04 Å². The molecule has 0 spiro atoms. The molecule has 2 aromatic carbocycles. The molecule has 5 nitrogen and oxygen atoms in total. The second-order valence-corrected chi connectivity index (χ2v) is 8.67. The zero-order chi connectivity index (χ0) is 22.1. The van der Waals surface area contributed by atoms with Gasteiger partial charge in [-0.3, -0.25) is 9.36 Å². The topological polar surface area (TPSA) is 60.7 Å². The Hall–Kier alpha value is -2.67. The van der Waals surface area contributed by atoms with Gasteiger partial charge in [0.05, 0.1) is 22.4 Å². The molecular weight excluding hydrogens is 455 g/mol. The van der Waals surface area contributed by atoms with Crippen LogP contribution in [-0.2, 0) is 9.53 Å². The van der Waals surface area contributed by atoms with E-state index in [9.17, 15) is 9.59 Å². The summed E-state index contributed by atoms with van der Waals surface area (Å²) in [5, 5.41) is 0.990. The molecule has 0 saturated heterocycles. The summed E-state index contributed by atoms with van der Waals surface area (Å²) in [7, 11) is 0. The first-order chi connectivity index (χ1) is 14.9. The number of allylic oxidation sites excluding steroid dienone is 1. The van der Waals surface area contributed by atoms with Crippen molar-refractivity contribution in [3.8, 4) is 0 Å². The van der Waals surface area contributed by atoms with Gasteiger partial charge in [0.2, 0.25) is 0 Å². The Morgan fingerprint density at radius 3 is 2.52 bits per heavy atom. The molecule has 3 aromatic rings. The minimum Gasteiger partial charge on any atom is -0.463 e. The lowest BCUT2D eigenvalue weighted by Gasteiger charge is -2.25. The van der Waals surface area contributed by atoms with Gasteiger partial charge in [-0.15, -0.1) is 0 Å². The maximum absolute atomic E-state index is 13.5. The van der Waals surface area contributed by atoms with Crippen LogP contribution in [0.4, 0.5) is 0 Å². The Labute approximate surface area is 192 Å². The summed E-state index contributed by atoms with van der Waals surface area (Å²) in [6.07, 6.45) is 1.74. The van der Waals surface area contributed by atoms with Gasteiger partial charge >= 0.3 is 5.97 Å². The summed E-state index contributed by atoms with van der Waals surface area (Å²) in [4.78, 5) is 31.4. The van der Waals surface area contributed by atoms with Crippen molar-refractivity contribution in [2.75, 3.05) is 6.61 Å². The molecule has 31 heavy (non-hydrogen) atoms. The van der Waals surface area contributed by atoms with E-state index in [1.165, 1.54) is 15.9 Å². The van der Waals surface area contributed by atoms with Gasteiger partial charge in [-0.25, -0.2) is 9.79 Å². The summed E-state index contributed by atoms with van der Waals surface area (Å²) in [5.41, 5.74) is 1.88. The molecule has 0 saturated carbocycles. The summed E-state index contributed by atoms with van der Waals surface area (Å²) in [6.45, 7) is 3.68. The van der Waals surface area contributed by atoms with Crippen LogP contribution in [0, 0.1) is 0 Å². The first-order valence-electron chi connectivity index (χ1n) is 9.61. The largest absolute Gasteiger partial charge is 0.463 e. The molecule has 0 fully saturated rings. The predicted octanol–water partition coefficient (Wildman–Crippen LogP) is 4.11. The fourth-order valence-corrected chi connectivity index (χ4v) is 4.98. The van der Waals surface area contributed by atoms with Gasteiger partial charge in [-0.05, 0) is 43.2 Å². The molecule has 0 radical (unpaired) electrons. The van der Waals surface area contributed by atoms with Crippen LogP contribution in [0.1, 0.15) is 31.0 Å². The zero-order valence-corrected chi connectivity index (χ0v) is 19.1. The van der Waals surface area contributed by atoms with E-state index in [1.807, 2.05) is 24.3 Å². The molecule has 1 aliphatic heterocycles. The van der Waals surface area contributed by atoms with Crippen LogP contribution < -0.4 is 14.9 Å². The Morgan fingerprint density at radius 1 is 1.16 bits per heavy atom. The molecule has 1 aromatic heterocycles. The molecule has 8 heteroatoms. The van der Waals surface area contributed by atoms with E-state index in [0.717, 1.165) is 5.56 Å². The van der Waals surface area contributed by atoms with Crippen LogP contribution in [0.25, 0.3) is 6.08 Å². The number of thiazole rings is 1. The van der Waals surface area contributed by atoms with Gasteiger partial charge in [-0.1, -0.05) is 70.9 Å². The molecule has 2 heterocycles. The third kappa shape index (κ3) is 3.99. The summed E-state index contributed by atoms with van der Waals surface area (Å²) >= 11 is 14.0. The minimum absolute atomic E-state index is 0.210. The standard InChI is InChI=1S/C23H18Cl2N2O3S/c1-3-30-22(29)19-13(2)26-23-27(20(19)15-9-5-7-11-17(15)25)21(28)18(31-23)12-14-8-4-6-10-16(14)24/h4-12,20H,3H2,1-2H3/b18-12-/t20-/m0/s1. The van der Waals surface area contributed by atoms with E-state index in [1.54, 1.807) is 44.2 Å². The number of hydrogen-bond acceptors (Lipinski definition) is 5. The molecule has 0 aliphatic carbocycles. The number of fused-ring (bicyclic) bond motifs is 1. The van der Waals surface area contributed by atoms with E-state index < -0.39 is 12.0 Å². The van der Waals surface area contributed by atoms with Crippen molar-refractivity contribution in [2.45, 2.75) is 19.9 Å². The number of nitrogens with zero attached hydrogens (tertiary/aromatic N) is 2. The lowest BCUT2D eigenvalue weighted by Crippen LogP contribution is -2.40. The van der Waals surface area contributed by atoms with Gasteiger partial charge in [0, 0.05) is 10.0 Å². The Morgan fingerprint density at radius 2 is 1.84 bits per heavy atom. The highest BCUT2D eigenvalue weighted by molar-refractivity contribution is 7.07. The van der Waals surface area contributed by atoms with Crippen LogP contribution in [0.15, 0.2) is 69.6 Å². The second-order valence-electron chi connectivity index (χ2n) is 6.85. The number of benzene rings is 2. The van der Waals surface area contributed by atoms with E-state index in [2.05, 4.69) is 4.99 Å². The monoisotopic (exact) mass is 472 g/mol. The van der Waals surface area contributed by atoms with Crippen LogP contribution in [0.2, 0.25) is 10.0 Å². The molecular formula is C23H18Cl2N2O3S. The van der Waals surface area contributed by atoms with Crippen molar-refractivity contribution in [2.24, 2.45) is 4.99 Å². The number of halogens is 2. The highest BCUT2D eigenvalue weighted by atomic mass is 35.5. The van der Waals surface area contributed by atoms with E-state index in [-0.39, 0.29) is 12.2 Å². The molecule has 1 aliphatic rings. The number of aromatic nitrogens is 1. The molecule has 4 rings (SSSR count). The Balaban J connectivity index is 2.00. The summed E-state index contributed by atoms with van der Waals surface area (Å²) in [6, 6.07) is 13.7. The van der Waals surface area contributed by atoms with Crippen LogP contribution in [0.3, 0.4) is 0 Å². The van der Waals surface area contributed by atoms with Gasteiger partial charge in [0.15, 0.2) is 4.80 Å². The average molecular weight is 473 g/mol. The minimum atomic E-state index is -0.739. The van der Waals surface area contributed by atoms with Crippen LogP contribution in [0.5, 0.6) is 0 Å². The fourth-order valence-electron chi connectivity index (χ4n) is 3.52. The molecule has 0 unspecified atom stereocenters. The number of rotatable bonds is 4. The van der Waals surface area contributed by atoms with Gasteiger partial charge < -0.3 is 4.74 Å². The smallest absolute Gasteiger partial charge is 0.338 e. The van der Waals surface area contributed by atoms with Crippen molar-refractivity contribution in [3.05, 3.63) is 101 Å². The Kier molecular flexibility index (Phi) is 6.14. The van der Waals surface area contributed by atoms with Crippen molar-refractivity contribution in [1.29, 1.82) is 0 Å².